The highest BCUT2D eigenvalue weighted by molar-refractivity contribution is 6.31. The summed E-state index contributed by atoms with van der Waals surface area (Å²) in [4.78, 5) is 16.3. The molecule has 6 nitrogen and oxygen atoms in total. The summed E-state index contributed by atoms with van der Waals surface area (Å²) < 4.78 is 29.5. The van der Waals surface area contributed by atoms with E-state index in [0.29, 0.717) is 10.8 Å². The van der Waals surface area contributed by atoms with Gasteiger partial charge >= 0.3 is 5.97 Å². The number of rotatable bonds is 11. The van der Waals surface area contributed by atoms with E-state index >= 15 is 0 Å². The van der Waals surface area contributed by atoms with Crippen molar-refractivity contribution in [2.75, 3.05) is 27.0 Å². The fourth-order valence-corrected chi connectivity index (χ4v) is 3.93. The summed E-state index contributed by atoms with van der Waals surface area (Å²) in [5.74, 6) is -0.578. The second kappa shape index (κ2) is 12.3. The van der Waals surface area contributed by atoms with Gasteiger partial charge in [-0.3, -0.25) is 0 Å². The summed E-state index contributed by atoms with van der Waals surface area (Å²) in [6.45, 7) is -0.782. The molecule has 1 atom stereocenters. The Morgan fingerprint density at radius 1 is 1.08 bits per heavy atom. The molecule has 0 bridgehead atoms. The zero-order valence-electron chi connectivity index (χ0n) is 20.1. The molecule has 8 heteroatoms. The first-order valence-corrected chi connectivity index (χ1v) is 11.9. The van der Waals surface area contributed by atoms with Gasteiger partial charge < -0.3 is 19.3 Å². The number of carbonyl (C=O) groups is 1. The second-order valence-electron chi connectivity index (χ2n) is 8.10. The van der Waals surface area contributed by atoms with E-state index in [0.717, 1.165) is 27.7 Å². The van der Waals surface area contributed by atoms with Gasteiger partial charge in [0.05, 0.1) is 24.9 Å². The molecule has 4 aromatic rings. The lowest BCUT2D eigenvalue weighted by Gasteiger charge is -2.20. The molecule has 1 heterocycles. The van der Waals surface area contributed by atoms with Gasteiger partial charge in [0.15, 0.2) is 0 Å². The van der Waals surface area contributed by atoms with Gasteiger partial charge in [0.1, 0.15) is 36.4 Å². The van der Waals surface area contributed by atoms with Crippen LogP contribution in [-0.4, -0.2) is 43.1 Å². The lowest BCUT2D eigenvalue weighted by molar-refractivity contribution is 0.0122. The summed E-state index contributed by atoms with van der Waals surface area (Å²) in [6.07, 6.45) is 3.19. The van der Waals surface area contributed by atoms with Gasteiger partial charge in [-0.2, -0.15) is 0 Å². The largest absolute Gasteiger partial charge is 0.497 e. The fraction of sp³-hybridized carbons (Fsp3) is 0.172. The molecule has 37 heavy (non-hydrogen) atoms. The smallest absolute Gasteiger partial charge is 0.339 e. The van der Waals surface area contributed by atoms with E-state index < -0.39 is 18.7 Å². The second-order valence-corrected chi connectivity index (χ2v) is 8.54. The fourth-order valence-electron chi connectivity index (χ4n) is 3.77. The van der Waals surface area contributed by atoms with E-state index in [4.69, 9.17) is 25.8 Å². The SMILES string of the molecule is COc1ccc(OCC(OCCF)c2cccc(/C=C/c3ccc4ccc(Cl)cc4n3)c2)c(C(=O)O)c1. The molecule has 0 aliphatic carbocycles. The maximum atomic E-state index is 12.9. The van der Waals surface area contributed by atoms with Gasteiger partial charge in [0.2, 0.25) is 0 Å². The lowest BCUT2D eigenvalue weighted by Crippen LogP contribution is -2.16. The van der Waals surface area contributed by atoms with E-state index in [9.17, 15) is 14.3 Å². The molecule has 0 aliphatic heterocycles. The topological polar surface area (TPSA) is 77.9 Å². The number of hydrogen-bond acceptors (Lipinski definition) is 5. The average molecular weight is 522 g/mol. The molecule has 1 aromatic heterocycles. The quantitative estimate of drug-likeness (QED) is 0.232. The highest BCUT2D eigenvalue weighted by atomic mass is 35.5. The Labute approximate surface area is 218 Å². The maximum absolute atomic E-state index is 12.9. The van der Waals surface area contributed by atoms with E-state index in [1.807, 2.05) is 66.7 Å². The monoisotopic (exact) mass is 521 g/mol. The molecular weight excluding hydrogens is 497 g/mol. The first-order chi connectivity index (χ1) is 18.0. The van der Waals surface area contributed by atoms with Gasteiger partial charge in [-0.05, 0) is 59.7 Å². The number of aromatic nitrogens is 1. The molecular formula is C29H25ClFNO5. The predicted molar refractivity (Wildman–Crippen MR) is 142 cm³/mol. The number of fused-ring (bicyclic) bond motifs is 1. The van der Waals surface area contributed by atoms with Crippen LogP contribution in [0, 0.1) is 0 Å². The van der Waals surface area contributed by atoms with Crippen molar-refractivity contribution in [3.8, 4) is 11.5 Å². The molecule has 0 radical (unpaired) electrons. The van der Waals surface area contributed by atoms with Crippen molar-refractivity contribution in [3.05, 3.63) is 100 Å². The number of pyridine rings is 1. The van der Waals surface area contributed by atoms with Crippen LogP contribution >= 0.6 is 11.6 Å². The van der Waals surface area contributed by atoms with Crippen molar-refractivity contribution >= 4 is 40.6 Å². The number of aromatic carboxylic acids is 1. The van der Waals surface area contributed by atoms with Crippen LogP contribution in [0.2, 0.25) is 5.02 Å². The van der Waals surface area contributed by atoms with Crippen LogP contribution in [0.3, 0.4) is 0 Å². The Bertz CT molecular complexity index is 1420. The molecule has 0 fully saturated rings. The van der Waals surface area contributed by atoms with Crippen LogP contribution < -0.4 is 9.47 Å². The summed E-state index contributed by atoms with van der Waals surface area (Å²) >= 11 is 6.09. The molecule has 4 rings (SSSR count). The van der Waals surface area contributed by atoms with Gasteiger partial charge in [0, 0.05) is 10.4 Å². The minimum Gasteiger partial charge on any atom is -0.497 e. The van der Waals surface area contributed by atoms with Crippen LogP contribution in [0.15, 0.2) is 72.8 Å². The van der Waals surface area contributed by atoms with E-state index in [2.05, 4.69) is 4.98 Å². The molecule has 0 aliphatic rings. The van der Waals surface area contributed by atoms with E-state index in [1.54, 1.807) is 6.07 Å². The number of methoxy groups -OCH3 is 1. The zero-order chi connectivity index (χ0) is 26.2. The Hall–Kier alpha value is -3.94. The number of ether oxygens (including phenoxy) is 3. The standard InChI is InChI=1S/C29H25ClFNO5/c1-35-24-11-12-27(25(17-24)29(33)34)37-18-28(36-14-13-31)21-4-2-3-19(15-21)5-9-23-10-7-20-6-8-22(30)16-26(20)32-23/h2-12,15-17,28H,13-14,18H2,1H3,(H,33,34)/b9-5+. The molecule has 0 spiro atoms. The van der Waals surface area contributed by atoms with Crippen LogP contribution in [0.1, 0.15) is 33.3 Å². The van der Waals surface area contributed by atoms with Crippen molar-refractivity contribution in [3.63, 3.8) is 0 Å². The number of carboxylic acid groups (broad SMARTS) is 1. The third-order valence-electron chi connectivity index (χ3n) is 5.61. The van der Waals surface area contributed by atoms with Crippen molar-refractivity contribution in [2.45, 2.75) is 6.10 Å². The third kappa shape index (κ3) is 6.84. The zero-order valence-corrected chi connectivity index (χ0v) is 20.8. The third-order valence-corrected chi connectivity index (χ3v) is 5.84. The van der Waals surface area contributed by atoms with Crippen molar-refractivity contribution in [1.82, 2.24) is 4.98 Å². The van der Waals surface area contributed by atoms with Crippen molar-refractivity contribution in [1.29, 1.82) is 0 Å². The van der Waals surface area contributed by atoms with Crippen LogP contribution in [0.25, 0.3) is 23.1 Å². The highest BCUT2D eigenvalue weighted by Gasteiger charge is 2.18. The van der Waals surface area contributed by atoms with Gasteiger partial charge in [-0.15, -0.1) is 0 Å². The molecule has 1 unspecified atom stereocenters. The van der Waals surface area contributed by atoms with Gasteiger partial charge in [0.25, 0.3) is 0 Å². The molecule has 0 saturated heterocycles. The average Bonchev–Trinajstić information content (AvgIpc) is 2.91. The summed E-state index contributed by atoms with van der Waals surface area (Å²) in [7, 11) is 1.45. The molecule has 1 N–H and O–H groups in total. The summed E-state index contributed by atoms with van der Waals surface area (Å²) in [5.41, 5.74) is 3.19. The van der Waals surface area contributed by atoms with Crippen molar-refractivity contribution in [2.24, 2.45) is 0 Å². The van der Waals surface area contributed by atoms with E-state index in [1.165, 1.54) is 19.2 Å². The number of halogens is 2. The number of nitrogens with zero attached hydrogens (tertiary/aromatic N) is 1. The van der Waals surface area contributed by atoms with E-state index in [-0.39, 0.29) is 24.5 Å². The van der Waals surface area contributed by atoms with Gasteiger partial charge in [-0.25, -0.2) is 14.2 Å². The number of benzene rings is 3. The van der Waals surface area contributed by atoms with Crippen molar-refractivity contribution < 1.29 is 28.5 Å². The summed E-state index contributed by atoms with van der Waals surface area (Å²) in [5, 5.41) is 11.2. The van der Waals surface area contributed by atoms with Crippen LogP contribution in [0.4, 0.5) is 4.39 Å². The lowest BCUT2D eigenvalue weighted by atomic mass is 10.1. The first-order valence-electron chi connectivity index (χ1n) is 11.5. The Kier molecular flexibility index (Phi) is 8.72. The Morgan fingerprint density at radius 3 is 2.70 bits per heavy atom. The maximum Gasteiger partial charge on any atom is 0.339 e. The van der Waals surface area contributed by atoms with Crippen LogP contribution in [-0.2, 0) is 4.74 Å². The predicted octanol–water partition coefficient (Wildman–Crippen LogP) is 6.87. The molecule has 0 amide bonds. The minimum atomic E-state index is -1.15. The first kappa shape index (κ1) is 26.1. The molecule has 3 aromatic carbocycles. The number of hydrogen-bond donors (Lipinski definition) is 1. The van der Waals surface area contributed by atoms with Crippen LogP contribution in [0.5, 0.6) is 11.5 Å². The highest BCUT2D eigenvalue weighted by Crippen LogP contribution is 2.27. The summed E-state index contributed by atoms with van der Waals surface area (Å²) in [6, 6.07) is 21.6. The molecule has 0 saturated carbocycles. The number of carboxylic acids is 1. The Morgan fingerprint density at radius 2 is 1.92 bits per heavy atom. The number of alkyl halides is 1. The Balaban J connectivity index is 1.53. The minimum absolute atomic E-state index is 0.00718. The normalized spacial score (nSPS) is 12.1. The molecule has 190 valence electrons. The van der Waals surface area contributed by atoms with Gasteiger partial charge in [-0.1, -0.05) is 48.0 Å².